The Kier molecular flexibility index (Phi) is 1.43. The maximum Gasteiger partial charge on any atom is 0.258 e. The average molecular weight is 201 g/mol. The molecule has 1 N–H and O–H groups in total. The van der Waals surface area contributed by atoms with Gasteiger partial charge in [0.1, 0.15) is 0 Å². The van der Waals surface area contributed by atoms with E-state index in [1.54, 1.807) is 0 Å². The van der Waals surface area contributed by atoms with Gasteiger partial charge in [-0.2, -0.15) is 0 Å². The van der Waals surface area contributed by atoms with E-state index in [-0.39, 0.29) is 17.2 Å². The molecule has 0 atom stereocenters. The molecule has 1 aromatic rings. The molecular weight excluding hydrogens is 190 g/mol. The predicted molar refractivity (Wildman–Crippen MR) is 54.6 cm³/mol. The van der Waals surface area contributed by atoms with Crippen molar-refractivity contribution in [2.75, 3.05) is 0 Å². The molecule has 3 rings (SSSR count). The summed E-state index contributed by atoms with van der Waals surface area (Å²) in [5.74, 6) is -0.377. The van der Waals surface area contributed by atoms with Crippen LogP contribution in [0.5, 0.6) is 0 Å². The van der Waals surface area contributed by atoms with Crippen molar-refractivity contribution in [1.82, 2.24) is 5.32 Å². The summed E-state index contributed by atoms with van der Waals surface area (Å²) in [5.41, 5.74) is 2.31. The van der Waals surface area contributed by atoms with Gasteiger partial charge in [-0.25, -0.2) is 0 Å². The summed E-state index contributed by atoms with van der Waals surface area (Å²) in [6.45, 7) is 1.98. The number of aryl methyl sites for hydroxylation is 1. The van der Waals surface area contributed by atoms with Gasteiger partial charge in [0, 0.05) is 5.56 Å². The lowest BCUT2D eigenvalue weighted by Gasteiger charge is -2.24. The van der Waals surface area contributed by atoms with Crippen molar-refractivity contribution in [1.29, 1.82) is 0 Å². The fourth-order valence-corrected chi connectivity index (χ4v) is 2.29. The van der Waals surface area contributed by atoms with E-state index < -0.39 is 0 Å². The summed E-state index contributed by atoms with van der Waals surface area (Å²) in [6, 6.07) is 5.69. The van der Waals surface area contributed by atoms with E-state index >= 15 is 0 Å². The highest BCUT2D eigenvalue weighted by Crippen LogP contribution is 2.51. The van der Waals surface area contributed by atoms with Crippen LogP contribution in [0.4, 0.5) is 0 Å². The first-order valence-corrected chi connectivity index (χ1v) is 5.10. The van der Waals surface area contributed by atoms with Crippen LogP contribution in [-0.2, 0) is 10.2 Å². The summed E-state index contributed by atoms with van der Waals surface area (Å²) in [7, 11) is 0. The predicted octanol–water partition coefficient (Wildman–Crippen LogP) is 1.30. The van der Waals surface area contributed by atoms with Gasteiger partial charge in [-0.3, -0.25) is 14.9 Å². The molecule has 15 heavy (non-hydrogen) atoms. The van der Waals surface area contributed by atoms with Crippen molar-refractivity contribution >= 4 is 11.8 Å². The van der Waals surface area contributed by atoms with E-state index in [1.807, 2.05) is 25.1 Å². The van der Waals surface area contributed by atoms with Gasteiger partial charge < -0.3 is 0 Å². The van der Waals surface area contributed by atoms with Gasteiger partial charge in [0.05, 0.1) is 5.41 Å². The Morgan fingerprint density at radius 2 is 2.00 bits per heavy atom. The zero-order chi connectivity index (χ0) is 10.6. The summed E-state index contributed by atoms with van der Waals surface area (Å²) >= 11 is 0. The van der Waals surface area contributed by atoms with Crippen molar-refractivity contribution in [3.8, 4) is 0 Å². The molecule has 1 aliphatic heterocycles. The molecular formula is C12H11NO2. The highest BCUT2D eigenvalue weighted by atomic mass is 16.2. The van der Waals surface area contributed by atoms with Crippen LogP contribution in [0, 0.1) is 6.92 Å². The smallest absolute Gasteiger partial charge is 0.258 e. The summed E-state index contributed by atoms with van der Waals surface area (Å²) in [6.07, 6.45) is 1.73. The van der Waals surface area contributed by atoms with Crippen molar-refractivity contribution in [2.24, 2.45) is 0 Å². The van der Waals surface area contributed by atoms with E-state index in [4.69, 9.17) is 0 Å². The number of fused-ring (bicyclic) bond motifs is 2. The lowest BCUT2D eigenvalue weighted by Crippen LogP contribution is -2.44. The van der Waals surface area contributed by atoms with Crippen LogP contribution in [0.3, 0.4) is 0 Å². The van der Waals surface area contributed by atoms with Crippen LogP contribution in [0.15, 0.2) is 18.2 Å². The van der Waals surface area contributed by atoms with E-state index in [9.17, 15) is 9.59 Å². The Bertz CT molecular complexity index is 486. The fourth-order valence-electron chi connectivity index (χ4n) is 2.29. The van der Waals surface area contributed by atoms with Gasteiger partial charge in [-0.15, -0.1) is 0 Å². The molecule has 1 aromatic carbocycles. The molecule has 0 aromatic heterocycles. The van der Waals surface area contributed by atoms with Crippen LogP contribution < -0.4 is 5.32 Å². The molecule has 0 radical (unpaired) electrons. The van der Waals surface area contributed by atoms with Crippen molar-refractivity contribution in [3.63, 3.8) is 0 Å². The maximum absolute atomic E-state index is 11.7. The number of nitrogens with one attached hydrogen (secondary N) is 1. The molecule has 1 heterocycles. The summed E-state index contributed by atoms with van der Waals surface area (Å²) in [4.78, 5) is 23.3. The zero-order valence-corrected chi connectivity index (χ0v) is 8.46. The Morgan fingerprint density at radius 1 is 1.27 bits per heavy atom. The molecule has 1 aliphatic carbocycles. The first-order chi connectivity index (χ1) is 7.13. The minimum Gasteiger partial charge on any atom is -0.292 e. The largest absolute Gasteiger partial charge is 0.292 e. The number of carbonyl (C=O) groups is 2. The second-order valence-electron chi connectivity index (χ2n) is 4.41. The van der Waals surface area contributed by atoms with Crippen molar-refractivity contribution in [2.45, 2.75) is 25.2 Å². The molecule has 1 spiro atoms. The van der Waals surface area contributed by atoms with Gasteiger partial charge in [0.15, 0.2) is 0 Å². The molecule has 76 valence electrons. The molecule has 3 heteroatoms. The Morgan fingerprint density at radius 3 is 2.67 bits per heavy atom. The van der Waals surface area contributed by atoms with Crippen LogP contribution in [0.25, 0.3) is 0 Å². The lowest BCUT2D eigenvalue weighted by molar-refractivity contribution is -0.122. The van der Waals surface area contributed by atoms with Gasteiger partial charge in [0.25, 0.3) is 5.91 Å². The number of carbonyl (C=O) groups excluding carboxylic acids is 2. The van der Waals surface area contributed by atoms with Gasteiger partial charge in [-0.05, 0) is 31.4 Å². The highest BCUT2D eigenvalue weighted by molar-refractivity contribution is 6.14. The van der Waals surface area contributed by atoms with E-state index in [1.165, 1.54) is 0 Å². The van der Waals surface area contributed by atoms with Gasteiger partial charge >= 0.3 is 0 Å². The fraction of sp³-hybridized carbons (Fsp3) is 0.333. The second-order valence-corrected chi connectivity index (χ2v) is 4.41. The highest BCUT2D eigenvalue weighted by Gasteiger charge is 2.55. The topological polar surface area (TPSA) is 46.2 Å². The molecule has 0 unspecified atom stereocenters. The van der Waals surface area contributed by atoms with Crippen molar-refractivity contribution in [3.05, 3.63) is 34.9 Å². The van der Waals surface area contributed by atoms with Crippen LogP contribution >= 0.6 is 0 Å². The van der Waals surface area contributed by atoms with Crippen LogP contribution in [0.2, 0.25) is 0 Å². The molecule has 2 aliphatic rings. The third-order valence-corrected chi connectivity index (χ3v) is 3.35. The normalized spacial score (nSPS) is 21.1. The summed E-state index contributed by atoms with van der Waals surface area (Å²) in [5, 5.41) is 2.43. The molecule has 2 amide bonds. The minimum atomic E-state index is -0.380. The molecule has 1 fully saturated rings. The third-order valence-electron chi connectivity index (χ3n) is 3.35. The zero-order valence-electron chi connectivity index (χ0n) is 8.46. The standard InChI is InChI=1S/C12H11NO2/c1-7-2-3-8-9(6-7)12(4-5-12)11(15)13-10(8)14/h2-3,6H,4-5H2,1H3,(H,13,14,15). The number of rotatable bonds is 0. The molecule has 3 nitrogen and oxygen atoms in total. The number of benzene rings is 1. The lowest BCUT2D eigenvalue weighted by atomic mass is 9.86. The van der Waals surface area contributed by atoms with Crippen molar-refractivity contribution < 1.29 is 9.59 Å². The Hall–Kier alpha value is -1.64. The van der Waals surface area contributed by atoms with E-state index in [0.717, 1.165) is 24.0 Å². The third kappa shape index (κ3) is 1.00. The first-order valence-electron chi connectivity index (χ1n) is 5.10. The first kappa shape index (κ1) is 8.65. The molecule has 0 bridgehead atoms. The van der Waals surface area contributed by atoms with E-state index in [0.29, 0.717) is 5.56 Å². The Balaban J connectivity index is 2.27. The van der Waals surface area contributed by atoms with Gasteiger partial charge in [-0.1, -0.05) is 17.7 Å². The maximum atomic E-state index is 11.7. The average Bonchev–Trinajstić information content (AvgIpc) is 2.96. The number of hydrogen-bond acceptors (Lipinski definition) is 2. The quantitative estimate of drug-likeness (QED) is 0.643. The second kappa shape index (κ2) is 2.48. The summed E-state index contributed by atoms with van der Waals surface area (Å²) < 4.78 is 0. The molecule has 0 saturated heterocycles. The number of amides is 2. The number of hydrogen-bond donors (Lipinski definition) is 1. The Labute approximate surface area is 87.5 Å². The van der Waals surface area contributed by atoms with Crippen LogP contribution in [-0.4, -0.2) is 11.8 Å². The number of imide groups is 1. The van der Waals surface area contributed by atoms with Crippen LogP contribution in [0.1, 0.15) is 34.3 Å². The SMILES string of the molecule is Cc1ccc2c(c1)C1(CC1)C(=O)NC2=O. The molecule has 1 saturated carbocycles. The monoisotopic (exact) mass is 201 g/mol. The van der Waals surface area contributed by atoms with Gasteiger partial charge in [0.2, 0.25) is 5.91 Å². The van der Waals surface area contributed by atoms with E-state index in [2.05, 4.69) is 5.32 Å². The minimum absolute atomic E-state index is 0.120.